The molecular weight excluding hydrogens is 560 g/mol. The monoisotopic (exact) mass is 590 g/mol. The van der Waals surface area contributed by atoms with Gasteiger partial charge in [0.15, 0.2) is 0 Å². The summed E-state index contributed by atoms with van der Waals surface area (Å²) in [5.74, 6) is -1.64. The minimum Gasteiger partial charge on any atom is -0.423 e. The Morgan fingerprint density at radius 2 is 0.795 bits per heavy atom. The van der Waals surface area contributed by atoms with Gasteiger partial charge in [0.25, 0.3) is 0 Å². The van der Waals surface area contributed by atoms with Gasteiger partial charge in [0.1, 0.15) is 23.0 Å². The topological polar surface area (TPSA) is 105 Å². The molecule has 4 aromatic rings. The summed E-state index contributed by atoms with van der Waals surface area (Å²) in [5, 5.41) is 2.15. The molecule has 4 rings (SSSR count). The molecule has 0 N–H and O–H groups in total. The number of carbonyl (C=O) groups excluding carboxylic acids is 4. The predicted octanol–water partition coefficient (Wildman–Crippen LogP) is 7.59. The van der Waals surface area contributed by atoms with Crippen molar-refractivity contribution in [1.82, 2.24) is 0 Å². The molecular formula is C36H30O8. The number of fused-ring (bicyclic) bond motifs is 2. The van der Waals surface area contributed by atoms with E-state index in [4.69, 9.17) is 18.9 Å². The van der Waals surface area contributed by atoms with Crippen LogP contribution in [0.15, 0.2) is 109 Å². The Morgan fingerprint density at radius 1 is 0.455 bits per heavy atom. The van der Waals surface area contributed by atoms with Crippen molar-refractivity contribution in [2.24, 2.45) is 0 Å². The first kappa shape index (κ1) is 31.2. The van der Waals surface area contributed by atoms with Crippen LogP contribution in [0.4, 0.5) is 0 Å². The molecule has 0 bridgehead atoms. The molecule has 0 unspecified atom stereocenters. The number of benzene rings is 4. The first-order valence-electron chi connectivity index (χ1n) is 13.4. The highest BCUT2D eigenvalue weighted by atomic mass is 16.5. The summed E-state index contributed by atoms with van der Waals surface area (Å²) in [7, 11) is 0. The molecule has 0 aliphatic heterocycles. The largest absolute Gasteiger partial charge is 0.423 e. The molecule has 0 radical (unpaired) electrons. The van der Waals surface area contributed by atoms with Crippen LogP contribution in [0, 0.1) is 0 Å². The zero-order chi connectivity index (χ0) is 32.3. The van der Waals surface area contributed by atoms with Gasteiger partial charge in [-0.3, -0.25) is 0 Å². The molecule has 0 spiro atoms. The summed E-state index contributed by atoms with van der Waals surface area (Å²) in [6.07, 6.45) is 0. The highest BCUT2D eigenvalue weighted by Gasteiger charge is 2.22. The second-order valence-electron chi connectivity index (χ2n) is 10.3. The first-order valence-corrected chi connectivity index (χ1v) is 13.4. The van der Waals surface area contributed by atoms with Gasteiger partial charge in [-0.15, -0.1) is 0 Å². The lowest BCUT2D eigenvalue weighted by Gasteiger charge is -2.19. The molecule has 0 fully saturated rings. The molecule has 8 heteroatoms. The normalized spacial score (nSPS) is 10.5. The van der Waals surface area contributed by atoms with Gasteiger partial charge in [0.05, 0.1) is 0 Å². The van der Waals surface area contributed by atoms with Gasteiger partial charge in [-0.25, -0.2) is 19.2 Å². The van der Waals surface area contributed by atoms with Crippen molar-refractivity contribution in [1.29, 1.82) is 0 Å². The van der Waals surface area contributed by atoms with Crippen molar-refractivity contribution in [3.8, 4) is 34.1 Å². The van der Waals surface area contributed by atoms with Gasteiger partial charge in [-0.1, -0.05) is 38.4 Å². The molecule has 0 saturated carbocycles. The molecule has 0 amide bonds. The Kier molecular flexibility index (Phi) is 8.95. The lowest BCUT2D eigenvalue weighted by atomic mass is 9.91. The van der Waals surface area contributed by atoms with Gasteiger partial charge in [0.2, 0.25) is 0 Å². The van der Waals surface area contributed by atoms with Crippen LogP contribution in [-0.4, -0.2) is 23.9 Å². The molecule has 4 aromatic carbocycles. The van der Waals surface area contributed by atoms with E-state index in [1.807, 2.05) is 0 Å². The number of rotatable bonds is 9. The Labute approximate surface area is 254 Å². The molecule has 0 aliphatic carbocycles. The molecule has 0 atom stereocenters. The van der Waals surface area contributed by atoms with E-state index in [-0.39, 0.29) is 39.5 Å². The first-order chi connectivity index (χ1) is 20.8. The van der Waals surface area contributed by atoms with Crippen LogP contribution in [0.5, 0.6) is 23.0 Å². The fourth-order valence-electron chi connectivity index (χ4n) is 4.15. The number of hydrogen-bond acceptors (Lipinski definition) is 8. The van der Waals surface area contributed by atoms with Crippen LogP contribution < -0.4 is 18.9 Å². The Hall–Kier alpha value is -5.76. The summed E-state index contributed by atoms with van der Waals surface area (Å²) < 4.78 is 22.2. The van der Waals surface area contributed by atoms with E-state index in [1.54, 1.807) is 67.6 Å². The average molecular weight is 591 g/mol. The third-order valence-corrected chi connectivity index (χ3v) is 6.37. The maximum absolute atomic E-state index is 12.9. The molecule has 44 heavy (non-hydrogen) atoms. The van der Waals surface area contributed by atoms with Crippen LogP contribution >= 0.6 is 0 Å². The van der Waals surface area contributed by atoms with Crippen LogP contribution in [0.3, 0.4) is 0 Å². The zero-order valence-corrected chi connectivity index (χ0v) is 24.9. The van der Waals surface area contributed by atoms with E-state index in [1.165, 1.54) is 20.8 Å². The van der Waals surface area contributed by atoms with Gasteiger partial charge < -0.3 is 18.9 Å². The summed E-state index contributed by atoms with van der Waals surface area (Å²) in [5.41, 5.74) is 2.27. The van der Waals surface area contributed by atoms with E-state index in [0.717, 1.165) is 11.1 Å². The van der Waals surface area contributed by atoms with Crippen molar-refractivity contribution in [3.63, 3.8) is 0 Å². The summed E-state index contributed by atoms with van der Waals surface area (Å²) in [6.45, 7) is 20.7. The fraction of sp³-hybridized carbons (Fsp3) is 0.111. The fourth-order valence-corrected chi connectivity index (χ4v) is 4.15. The number of ether oxygens (including phenoxy) is 4. The third kappa shape index (κ3) is 6.65. The standard InChI is InChI=1S/C36H30O8/c1-19(2)33(37)41-24-11-9-23(10-12-24)31-27-15-13-25(42-34(38)20(3)4)17-29(27)32(44-36(40)22(7)8)30-18-26(14-16-28(30)31)43-35(39)21(5)6/h9-18H,1,3,5,7H2,2,4,6,8H3. The van der Waals surface area contributed by atoms with Crippen LogP contribution in [0.1, 0.15) is 27.7 Å². The van der Waals surface area contributed by atoms with Crippen LogP contribution in [0.2, 0.25) is 0 Å². The van der Waals surface area contributed by atoms with Crippen molar-refractivity contribution in [3.05, 3.63) is 109 Å². The van der Waals surface area contributed by atoms with Gasteiger partial charge in [0, 0.05) is 33.1 Å². The van der Waals surface area contributed by atoms with Gasteiger partial charge in [-0.2, -0.15) is 0 Å². The minimum atomic E-state index is -0.683. The summed E-state index contributed by atoms with van der Waals surface area (Å²) >= 11 is 0. The Morgan fingerprint density at radius 3 is 1.18 bits per heavy atom. The average Bonchev–Trinajstić information content (AvgIpc) is 2.97. The molecule has 0 aliphatic rings. The zero-order valence-electron chi connectivity index (χ0n) is 24.9. The minimum absolute atomic E-state index is 0.139. The SMILES string of the molecule is C=C(C)C(=O)Oc1ccc(-c2c3ccc(OC(=O)C(=C)C)cc3c(OC(=O)C(=C)C)c3cc(OC(=O)C(=C)C)ccc23)cc1. The number of carbonyl (C=O) groups is 4. The van der Waals surface area contributed by atoms with Crippen LogP contribution in [0.25, 0.3) is 32.7 Å². The summed E-state index contributed by atoms with van der Waals surface area (Å²) in [6, 6.07) is 16.7. The van der Waals surface area contributed by atoms with Crippen molar-refractivity contribution in [2.45, 2.75) is 27.7 Å². The lowest BCUT2D eigenvalue weighted by Crippen LogP contribution is -2.10. The Balaban J connectivity index is 2.04. The van der Waals surface area contributed by atoms with Crippen molar-refractivity contribution in [2.75, 3.05) is 0 Å². The summed E-state index contributed by atoms with van der Waals surface area (Å²) in [4.78, 5) is 49.6. The van der Waals surface area contributed by atoms with Crippen LogP contribution in [-0.2, 0) is 19.2 Å². The van der Waals surface area contributed by atoms with E-state index in [0.29, 0.717) is 27.3 Å². The maximum atomic E-state index is 12.9. The van der Waals surface area contributed by atoms with Crippen molar-refractivity contribution >= 4 is 45.4 Å². The molecule has 222 valence electrons. The molecule has 0 saturated heterocycles. The number of esters is 4. The smallest absolute Gasteiger partial charge is 0.338 e. The maximum Gasteiger partial charge on any atom is 0.338 e. The second kappa shape index (κ2) is 12.6. The molecule has 8 nitrogen and oxygen atoms in total. The molecule has 0 aromatic heterocycles. The number of hydrogen-bond donors (Lipinski definition) is 0. The van der Waals surface area contributed by atoms with E-state index in [2.05, 4.69) is 26.3 Å². The predicted molar refractivity (Wildman–Crippen MR) is 169 cm³/mol. The van der Waals surface area contributed by atoms with E-state index in [9.17, 15) is 19.2 Å². The Bertz CT molecular complexity index is 1840. The highest BCUT2D eigenvalue weighted by molar-refractivity contribution is 6.18. The highest BCUT2D eigenvalue weighted by Crippen LogP contribution is 2.46. The van der Waals surface area contributed by atoms with Gasteiger partial charge >= 0.3 is 23.9 Å². The van der Waals surface area contributed by atoms with E-state index < -0.39 is 23.9 Å². The second-order valence-corrected chi connectivity index (χ2v) is 10.3. The lowest BCUT2D eigenvalue weighted by molar-refractivity contribution is -0.131. The quantitative estimate of drug-likeness (QED) is 0.0850. The van der Waals surface area contributed by atoms with Crippen molar-refractivity contribution < 1.29 is 38.1 Å². The third-order valence-electron chi connectivity index (χ3n) is 6.37. The molecule has 0 heterocycles. The van der Waals surface area contributed by atoms with Gasteiger partial charge in [-0.05, 0) is 98.1 Å². The van der Waals surface area contributed by atoms with E-state index >= 15 is 0 Å².